The Kier molecular flexibility index (Phi) is 4.03. The number of nitrogens with one attached hydrogen (secondary N) is 1. The van der Waals surface area contributed by atoms with E-state index in [1.54, 1.807) is 0 Å². The third kappa shape index (κ3) is 3.49. The Bertz CT molecular complexity index is 369. The van der Waals surface area contributed by atoms with Gasteiger partial charge in [-0.2, -0.15) is 0 Å². The molecule has 0 radical (unpaired) electrons. The van der Waals surface area contributed by atoms with Gasteiger partial charge in [-0.3, -0.25) is 4.79 Å². The van der Waals surface area contributed by atoms with Gasteiger partial charge < -0.3 is 10.4 Å². The van der Waals surface area contributed by atoms with E-state index < -0.39 is 0 Å². The van der Waals surface area contributed by atoms with Crippen LogP contribution < -0.4 is 5.32 Å². The Morgan fingerprint density at radius 3 is 2.88 bits per heavy atom. The summed E-state index contributed by atoms with van der Waals surface area (Å²) in [6.07, 6.45) is 7.97. The summed E-state index contributed by atoms with van der Waals surface area (Å²) < 4.78 is 0. The number of nitrogens with zero attached hydrogens (tertiary/aromatic N) is 2. The second kappa shape index (κ2) is 5.72. The average molecular weight is 235 g/mol. The number of hydrogen-bond acceptors (Lipinski definition) is 4. The molecule has 1 aliphatic carbocycles. The van der Waals surface area contributed by atoms with Crippen LogP contribution in [-0.4, -0.2) is 33.6 Å². The second-order valence-electron chi connectivity index (χ2n) is 4.52. The van der Waals surface area contributed by atoms with E-state index >= 15 is 0 Å². The highest BCUT2D eigenvalue weighted by molar-refractivity contribution is 5.93. The zero-order valence-electron chi connectivity index (χ0n) is 9.67. The van der Waals surface area contributed by atoms with Crippen molar-refractivity contribution in [2.24, 2.45) is 5.92 Å². The first-order chi connectivity index (χ1) is 8.25. The molecule has 2 N–H and O–H groups in total. The molecule has 0 aromatic carbocycles. The lowest BCUT2D eigenvalue weighted by Gasteiger charge is -2.25. The molecule has 2 unspecified atom stereocenters. The van der Waals surface area contributed by atoms with Crippen molar-refractivity contribution in [3.05, 3.63) is 24.3 Å². The van der Waals surface area contributed by atoms with Gasteiger partial charge in [0, 0.05) is 18.9 Å². The normalized spacial score (nSPS) is 24.3. The molecule has 0 spiro atoms. The van der Waals surface area contributed by atoms with Gasteiger partial charge in [-0.25, -0.2) is 9.97 Å². The van der Waals surface area contributed by atoms with Gasteiger partial charge in [-0.05, 0) is 25.2 Å². The van der Waals surface area contributed by atoms with E-state index in [0.29, 0.717) is 18.0 Å². The maximum atomic E-state index is 11.7. The molecule has 1 aliphatic rings. The molecule has 2 rings (SSSR count). The summed E-state index contributed by atoms with van der Waals surface area (Å²) in [7, 11) is 0. The van der Waals surface area contributed by atoms with Crippen LogP contribution in [0.5, 0.6) is 0 Å². The van der Waals surface area contributed by atoms with Gasteiger partial charge in [-0.1, -0.05) is 6.42 Å². The maximum absolute atomic E-state index is 11.7. The monoisotopic (exact) mass is 235 g/mol. The van der Waals surface area contributed by atoms with Crippen LogP contribution in [-0.2, 0) is 0 Å². The van der Waals surface area contributed by atoms with Crippen molar-refractivity contribution < 1.29 is 9.90 Å². The van der Waals surface area contributed by atoms with Crippen LogP contribution in [0.3, 0.4) is 0 Å². The highest BCUT2D eigenvalue weighted by Crippen LogP contribution is 2.23. The van der Waals surface area contributed by atoms with Crippen LogP contribution >= 0.6 is 0 Å². The highest BCUT2D eigenvalue weighted by Gasteiger charge is 2.20. The molecule has 0 bridgehead atoms. The lowest BCUT2D eigenvalue weighted by Crippen LogP contribution is -2.33. The molecular weight excluding hydrogens is 218 g/mol. The van der Waals surface area contributed by atoms with E-state index in [1.807, 2.05) is 0 Å². The second-order valence-corrected chi connectivity index (χ2v) is 4.52. The smallest absolute Gasteiger partial charge is 0.254 e. The van der Waals surface area contributed by atoms with Gasteiger partial charge in [0.1, 0.15) is 6.33 Å². The summed E-state index contributed by atoms with van der Waals surface area (Å²) in [5.74, 6) is 0.234. The van der Waals surface area contributed by atoms with Crippen molar-refractivity contribution in [2.45, 2.75) is 31.8 Å². The topological polar surface area (TPSA) is 75.1 Å². The quantitative estimate of drug-likeness (QED) is 0.811. The Hall–Kier alpha value is -1.49. The minimum absolute atomic E-state index is 0.148. The van der Waals surface area contributed by atoms with Gasteiger partial charge >= 0.3 is 0 Å². The predicted molar refractivity (Wildman–Crippen MR) is 62.3 cm³/mol. The van der Waals surface area contributed by atoms with Crippen molar-refractivity contribution in [1.82, 2.24) is 15.3 Å². The molecule has 17 heavy (non-hydrogen) atoms. The molecule has 1 aromatic rings. The van der Waals surface area contributed by atoms with Crippen molar-refractivity contribution >= 4 is 5.91 Å². The predicted octanol–water partition coefficient (Wildman–Crippen LogP) is 0.757. The summed E-state index contributed by atoms with van der Waals surface area (Å²) in [5, 5.41) is 12.4. The molecule has 1 aromatic heterocycles. The molecule has 0 saturated heterocycles. The third-order valence-corrected chi connectivity index (χ3v) is 3.13. The summed E-state index contributed by atoms with van der Waals surface area (Å²) in [4.78, 5) is 19.3. The zero-order chi connectivity index (χ0) is 12.1. The van der Waals surface area contributed by atoms with Crippen LogP contribution in [0.1, 0.15) is 36.0 Å². The molecule has 1 saturated carbocycles. The Morgan fingerprint density at radius 1 is 1.41 bits per heavy atom. The number of carbonyl (C=O) groups is 1. The number of aromatic nitrogens is 2. The molecule has 92 valence electrons. The van der Waals surface area contributed by atoms with Crippen molar-refractivity contribution in [3.63, 3.8) is 0 Å². The van der Waals surface area contributed by atoms with E-state index in [4.69, 9.17) is 0 Å². The van der Waals surface area contributed by atoms with Gasteiger partial charge in [-0.15, -0.1) is 0 Å². The van der Waals surface area contributed by atoms with Crippen molar-refractivity contribution in [3.8, 4) is 0 Å². The average Bonchev–Trinajstić information content (AvgIpc) is 2.37. The Balaban J connectivity index is 1.80. The molecule has 1 amide bonds. The number of carbonyl (C=O) groups excluding carboxylic acids is 1. The van der Waals surface area contributed by atoms with E-state index in [9.17, 15) is 9.90 Å². The van der Waals surface area contributed by atoms with E-state index in [-0.39, 0.29) is 12.0 Å². The van der Waals surface area contributed by atoms with Gasteiger partial charge in [0.2, 0.25) is 0 Å². The van der Waals surface area contributed by atoms with E-state index in [1.165, 1.54) is 18.7 Å². The van der Waals surface area contributed by atoms with Gasteiger partial charge in [0.15, 0.2) is 0 Å². The number of aliphatic hydroxyl groups excluding tert-OH is 1. The zero-order valence-corrected chi connectivity index (χ0v) is 9.67. The van der Waals surface area contributed by atoms with Gasteiger partial charge in [0.25, 0.3) is 5.91 Å². The molecule has 0 aliphatic heterocycles. The first kappa shape index (κ1) is 12.0. The fourth-order valence-electron chi connectivity index (χ4n) is 2.20. The lowest BCUT2D eigenvalue weighted by atomic mass is 9.87. The third-order valence-electron chi connectivity index (χ3n) is 3.13. The summed E-state index contributed by atoms with van der Waals surface area (Å²) in [5.41, 5.74) is 0.476. The Labute approximate surface area is 100 Å². The molecule has 1 fully saturated rings. The number of aliphatic hydroxyl groups is 1. The van der Waals surface area contributed by atoms with E-state index in [0.717, 1.165) is 25.7 Å². The first-order valence-corrected chi connectivity index (χ1v) is 5.97. The van der Waals surface area contributed by atoms with Crippen LogP contribution in [0.4, 0.5) is 0 Å². The lowest BCUT2D eigenvalue weighted by molar-refractivity contribution is 0.0873. The largest absolute Gasteiger partial charge is 0.393 e. The van der Waals surface area contributed by atoms with Crippen LogP contribution in [0.15, 0.2) is 18.7 Å². The first-order valence-electron chi connectivity index (χ1n) is 5.97. The minimum atomic E-state index is -0.203. The summed E-state index contributed by atoms with van der Waals surface area (Å²) in [6.45, 7) is 0.616. The van der Waals surface area contributed by atoms with Crippen molar-refractivity contribution in [1.29, 1.82) is 0 Å². The number of rotatable bonds is 3. The van der Waals surface area contributed by atoms with Crippen LogP contribution in [0.2, 0.25) is 0 Å². The van der Waals surface area contributed by atoms with Crippen LogP contribution in [0, 0.1) is 5.92 Å². The molecule has 2 atom stereocenters. The fourth-order valence-corrected chi connectivity index (χ4v) is 2.20. The molecule has 5 nitrogen and oxygen atoms in total. The molecule has 5 heteroatoms. The minimum Gasteiger partial charge on any atom is -0.393 e. The highest BCUT2D eigenvalue weighted by atomic mass is 16.3. The SMILES string of the molecule is O=C(NCC1CCCC(O)C1)c1cncnc1. The Morgan fingerprint density at radius 2 is 2.18 bits per heavy atom. The van der Waals surface area contributed by atoms with Gasteiger partial charge in [0.05, 0.1) is 11.7 Å². The maximum Gasteiger partial charge on any atom is 0.254 e. The summed E-state index contributed by atoms with van der Waals surface area (Å²) >= 11 is 0. The molecular formula is C12H17N3O2. The molecule has 1 heterocycles. The van der Waals surface area contributed by atoms with E-state index in [2.05, 4.69) is 15.3 Å². The standard InChI is InChI=1S/C12H17N3O2/c16-11-3-1-2-9(4-11)5-15-12(17)10-6-13-8-14-7-10/h6-9,11,16H,1-5H2,(H,15,17). The summed E-state index contributed by atoms with van der Waals surface area (Å²) in [6, 6.07) is 0. The fraction of sp³-hybridized carbons (Fsp3) is 0.583. The van der Waals surface area contributed by atoms with Crippen LogP contribution in [0.25, 0.3) is 0 Å². The van der Waals surface area contributed by atoms with Crippen molar-refractivity contribution in [2.75, 3.05) is 6.54 Å². The number of hydrogen-bond donors (Lipinski definition) is 2. The number of amides is 1.